The standard InChI is InChI=1S/C18H18N2O2/c1-3-19-18-15(14-11-12(2)9-10-20-14)16(21)17(22-18)13-7-5-4-6-8-13/h4-11,17,19H,3H2,1-2H3/t17-/m0/s1. The molecule has 0 radical (unpaired) electrons. The molecule has 22 heavy (non-hydrogen) atoms. The van der Waals surface area contributed by atoms with Crippen molar-refractivity contribution in [1.82, 2.24) is 10.3 Å². The highest BCUT2D eigenvalue weighted by Gasteiger charge is 2.37. The number of ether oxygens (including phenoxy) is 1. The van der Waals surface area contributed by atoms with Crippen molar-refractivity contribution in [2.45, 2.75) is 20.0 Å². The highest BCUT2D eigenvalue weighted by molar-refractivity contribution is 6.24. The first-order valence-corrected chi connectivity index (χ1v) is 7.37. The van der Waals surface area contributed by atoms with Crippen LogP contribution in [0.1, 0.15) is 29.8 Å². The fraction of sp³-hybridized carbons (Fsp3) is 0.222. The van der Waals surface area contributed by atoms with Crippen molar-refractivity contribution in [3.63, 3.8) is 0 Å². The number of hydrogen-bond donors (Lipinski definition) is 1. The van der Waals surface area contributed by atoms with E-state index in [-0.39, 0.29) is 5.78 Å². The second kappa shape index (κ2) is 6.02. The number of hydrogen-bond acceptors (Lipinski definition) is 4. The van der Waals surface area contributed by atoms with Crippen LogP contribution in [0.5, 0.6) is 0 Å². The molecule has 0 aliphatic carbocycles. The number of benzene rings is 1. The summed E-state index contributed by atoms with van der Waals surface area (Å²) in [5, 5.41) is 3.14. The molecule has 0 bridgehead atoms. The number of pyridine rings is 1. The van der Waals surface area contributed by atoms with E-state index in [2.05, 4.69) is 10.3 Å². The highest BCUT2D eigenvalue weighted by atomic mass is 16.5. The van der Waals surface area contributed by atoms with Gasteiger partial charge >= 0.3 is 0 Å². The van der Waals surface area contributed by atoms with Gasteiger partial charge in [-0.05, 0) is 31.5 Å². The Bertz CT molecular complexity index is 723. The number of nitrogens with zero attached hydrogens (tertiary/aromatic N) is 1. The lowest BCUT2D eigenvalue weighted by atomic mass is 9.99. The number of ketones is 1. The van der Waals surface area contributed by atoms with E-state index < -0.39 is 6.10 Å². The lowest BCUT2D eigenvalue weighted by molar-refractivity contribution is -0.120. The number of Topliss-reactive ketones (excluding diaryl/α,β-unsaturated/α-hetero) is 1. The molecule has 0 saturated carbocycles. The molecule has 0 amide bonds. The van der Waals surface area contributed by atoms with E-state index in [4.69, 9.17) is 4.74 Å². The second-order valence-corrected chi connectivity index (χ2v) is 5.23. The largest absolute Gasteiger partial charge is 0.462 e. The molecule has 1 aromatic heterocycles. The summed E-state index contributed by atoms with van der Waals surface area (Å²) in [6, 6.07) is 13.3. The smallest absolute Gasteiger partial charge is 0.215 e. The molecule has 1 aromatic carbocycles. The van der Waals surface area contributed by atoms with Gasteiger partial charge in [0.2, 0.25) is 11.7 Å². The number of carbonyl (C=O) groups excluding carboxylic acids is 1. The molecule has 4 nitrogen and oxygen atoms in total. The molecular formula is C18H18N2O2. The molecule has 0 unspecified atom stereocenters. The van der Waals surface area contributed by atoms with Crippen molar-refractivity contribution in [3.05, 3.63) is 71.4 Å². The minimum absolute atomic E-state index is 0.0553. The minimum Gasteiger partial charge on any atom is -0.462 e. The molecule has 1 aliphatic heterocycles. The molecule has 1 N–H and O–H groups in total. The number of aromatic nitrogens is 1. The van der Waals surface area contributed by atoms with Gasteiger partial charge in [0.1, 0.15) is 5.57 Å². The molecule has 0 fully saturated rings. The van der Waals surface area contributed by atoms with E-state index in [0.29, 0.717) is 23.7 Å². The van der Waals surface area contributed by atoms with Crippen molar-refractivity contribution in [1.29, 1.82) is 0 Å². The van der Waals surface area contributed by atoms with Crippen LogP contribution >= 0.6 is 0 Å². The summed E-state index contributed by atoms with van der Waals surface area (Å²) in [5.41, 5.74) is 3.09. The maximum Gasteiger partial charge on any atom is 0.215 e. The molecule has 2 aromatic rings. The summed E-state index contributed by atoms with van der Waals surface area (Å²) in [7, 11) is 0. The summed E-state index contributed by atoms with van der Waals surface area (Å²) >= 11 is 0. The average Bonchev–Trinajstić information content (AvgIpc) is 2.85. The normalized spacial score (nSPS) is 17.5. The number of nitrogens with one attached hydrogen (secondary N) is 1. The van der Waals surface area contributed by atoms with Gasteiger partial charge in [0.15, 0.2) is 6.10 Å². The number of rotatable bonds is 4. The van der Waals surface area contributed by atoms with E-state index in [1.54, 1.807) is 6.20 Å². The zero-order valence-electron chi connectivity index (χ0n) is 12.7. The molecule has 0 spiro atoms. The molecule has 2 heterocycles. The Kier molecular flexibility index (Phi) is 3.92. The van der Waals surface area contributed by atoms with Crippen LogP contribution in [0.3, 0.4) is 0 Å². The molecule has 1 aliphatic rings. The molecule has 1 atom stereocenters. The van der Waals surface area contributed by atoms with E-state index >= 15 is 0 Å². The predicted octanol–water partition coefficient (Wildman–Crippen LogP) is 3.01. The third-order valence-electron chi connectivity index (χ3n) is 3.56. The topological polar surface area (TPSA) is 51.2 Å². The number of carbonyl (C=O) groups is 1. The van der Waals surface area contributed by atoms with Gasteiger partial charge in [-0.2, -0.15) is 0 Å². The lowest BCUT2D eigenvalue weighted by Gasteiger charge is -2.12. The first-order chi connectivity index (χ1) is 10.7. The SMILES string of the molecule is CCNC1=C(c2cc(C)ccn2)C(=O)[C@H](c2ccccc2)O1. The van der Waals surface area contributed by atoms with E-state index in [1.165, 1.54) is 0 Å². The van der Waals surface area contributed by atoms with E-state index in [9.17, 15) is 4.79 Å². The third-order valence-corrected chi connectivity index (χ3v) is 3.56. The summed E-state index contributed by atoms with van der Waals surface area (Å²) < 4.78 is 5.89. The first kappa shape index (κ1) is 14.3. The number of aryl methyl sites for hydroxylation is 1. The summed E-state index contributed by atoms with van der Waals surface area (Å²) in [4.78, 5) is 17.2. The summed E-state index contributed by atoms with van der Waals surface area (Å²) in [6.45, 7) is 4.63. The van der Waals surface area contributed by atoms with Crippen molar-refractivity contribution in [2.24, 2.45) is 0 Å². The quantitative estimate of drug-likeness (QED) is 0.941. The van der Waals surface area contributed by atoms with Crippen molar-refractivity contribution in [3.8, 4) is 0 Å². The first-order valence-electron chi connectivity index (χ1n) is 7.37. The Hall–Kier alpha value is -2.62. The Morgan fingerprint density at radius 1 is 1.23 bits per heavy atom. The molecule has 3 rings (SSSR count). The van der Waals surface area contributed by atoms with Crippen LogP contribution < -0.4 is 5.32 Å². The van der Waals surface area contributed by atoms with Gasteiger partial charge in [-0.15, -0.1) is 0 Å². The second-order valence-electron chi connectivity index (χ2n) is 5.23. The van der Waals surface area contributed by atoms with Crippen molar-refractivity contribution in [2.75, 3.05) is 6.54 Å². The zero-order chi connectivity index (χ0) is 15.5. The van der Waals surface area contributed by atoms with Gasteiger partial charge in [-0.1, -0.05) is 30.3 Å². The van der Waals surface area contributed by atoms with E-state index in [1.807, 2.05) is 56.3 Å². The maximum atomic E-state index is 12.8. The van der Waals surface area contributed by atoms with Gasteiger partial charge in [0.05, 0.1) is 5.69 Å². The van der Waals surface area contributed by atoms with Crippen molar-refractivity contribution >= 4 is 11.4 Å². The van der Waals surface area contributed by atoms with Crippen LogP contribution in [0.25, 0.3) is 5.57 Å². The molecular weight excluding hydrogens is 276 g/mol. The van der Waals surface area contributed by atoms with E-state index in [0.717, 1.165) is 11.1 Å². The summed E-state index contributed by atoms with van der Waals surface area (Å²) in [5.74, 6) is 0.458. The third kappa shape index (κ3) is 2.60. The Morgan fingerprint density at radius 3 is 2.68 bits per heavy atom. The van der Waals surface area contributed by atoms with Gasteiger partial charge in [0, 0.05) is 18.3 Å². The fourth-order valence-corrected chi connectivity index (χ4v) is 2.53. The zero-order valence-corrected chi connectivity index (χ0v) is 12.7. The van der Waals surface area contributed by atoms with Crippen molar-refractivity contribution < 1.29 is 9.53 Å². The predicted molar refractivity (Wildman–Crippen MR) is 84.8 cm³/mol. The Morgan fingerprint density at radius 2 is 2.00 bits per heavy atom. The Labute approximate surface area is 129 Å². The maximum absolute atomic E-state index is 12.8. The summed E-state index contributed by atoms with van der Waals surface area (Å²) in [6.07, 6.45) is 1.11. The van der Waals surface area contributed by atoms with Crippen LogP contribution in [-0.2, 0) is 9.53 Å². The highest BCUT2D eigenvalue weighted by Crippen LogP contribution is 2.36. The average molecular weight is 294 g/mol. The Balaban J connectivity index is 2.01. The molecule has 4 heteroatoms. The van der Waals surface area contributed by atoms with Crippen LogP contribution in [-0.4, -0.2) is 17.3 Å². The molecule has 0 saturated heterocycles. The van der Waals surface area contributed by atoms with Crippen LogP contribution in [0.15, 0.2) is 54.5 Å². The van der Waals surface area contributed by atoms with Gasteiger partial charge in [-0.25, -0.2) is 0 Å². The van der Waals surface area contributed by atoms with Crippen LogP contribution in [0.4, 0.5) is 0 Å². The van der Waals surface area contributed by atoms with Crippen LogP contribution in [0.2, 0.25) is 0 Å². The van der Waals surface area contributed by atoms with Gasteiger partial charge in [0.25, 0.3) is 0 Å². The van der Waals surface area contributed by atoms with Gasteiger partial charge in [-0.3, -0.25) is 9.78 Å². The van der Waals surface area contributed by atoms with Crippen LogP contribution in [0, 0.1) is 6.92 Å². The minimum atomic E-state index is -0.604. The fourth-order valence-electron chi connectivity index (χ4n) is 2.53. The molecule has 112 valence electrons. The monoisotopic (exact) mass is 294 g/mol. The van der Waals surface area contributed by atoms with Gasteiger partial charge < -0.3 is 10.1 Å². The lowest BCUT2D eigenvalue weighted by Crippen LogP contribution is -2.14.